The highest BCUT2D eigenvalue weighted by molar-refractivity contribution is 6.31. The molecule has 0 bridgehead atoms. The third kappa shape index (κ3) is 2.86. The van der Waals surface area contributed by atoms with Gasteiger partial charge in [0.15, 0.2) is 0 Å². The monoisotopic (exact) mass is 225 g/mol. The zero-order chi connectivity index (χ0) is 10.7. The van der Waals surface area contributed by atoms with E-state index in [1.54, 1.807) is 0 Å². The molecule has 1 aromatic rings. The molecule has 1 saturated heterocycles. The molecule has 1 atom stereocenters. The van der Waals surface area contributed by atoms with E-state index in [0.29, 0.717) is 5.92 Å². The summed E-state index contributed by atoms with van der Waals surface area (Å²) in [5, 5.41) is 4.12. The van der Waals surface area contributed by atoms with Gasteiger partial charge in [0.05, 0.1) is 6.61 Å². The summed E-state index contributed by atoms with van der Waals surface area (Å²) in [6, 6.07) is 5.81. The van der Waals surface area contributed by atoms with Crippen LogP contribution in [-0.2, 0) is 0 Å². The summed E-state index contributed by atoms with van der Waals surface area (Å²) < 4.78 is 5.73. The average molecular weight is 226 g/mol. The molecule has 0 aromatic heterocycles. The van der Waals surface area contributed by atoms with E-state index in [4.69, 9.17) is 16.3 Å². The number of aryl methyl sites for hydroxylation is 1. The SMILES string of the molecule is Cc1cc(OC[C@H]2CCNC2)ccc1Cl. The van der Waals surface area contributed by atoms with Gasteiger partial charge in [0, 0.05) is 17.5 Å². The predicted molar refractivity (Wildman–Crippen MR) is 62.7 cm³/mol. The van der Waals surface area contributed by atoms with Crippen molar-refractivity contribution in [3.8, 4) is 5.75 Å². The lowest BCUT2D eigenvalue weighted by Gasteiger charge is -2.11. The lowest BCUT2D eigenvalue weighted by atomic mass is 10.1. The van der Waals surface area contributed by atoms with Crippen LogP contribution >= 0.6 is 11.6 Å². The van der Waals surface area contributed by atoms with Crippen molar-refractivity contribution < 1.29 is 4.74 Å². The third-order valence-corrected chi connectivity index (χ3v) is 3.20. The molecule has 2 nitrogen and oxygen atoms in total. The second-order valence-electron chi connectivity index (χ2n) is 4.08. The highest BCUT2D eigenvalue weighted by Crippen LogP contribution is 2.21. The number of nitrogens with one attached hydrogen (secondary N) is 1. The molecule has 1 aromatic carbocycles. The summed E-state index contributed by atoms with van der Waals surface area (Å²) in [5.41, 5.74) is 1.07. The van der Waals surface area contributed by atoms with Crippen LogP contribution in [0, 0.1) is 12.8 Å². The topological polar surface area (TPSA) is 21.3 Å². The van der Waals surface area contributed by atoms with Crippen LogP contribution in [-0.4, -0.2) is 19.7 Å². The molecule has 0 amide bonds. The van der Waals surface area contributed by atoms with Crippen molar-refractivity contribution in [2.45, 2.75) is 13.3 Å². The first-order valence-electron chi connectivity index (χ1n) is 5.35. The molecule has 2 rings (SSSR count). The Morgan fingerprint density at radius 1 is 1.53 bits per heavy atom. The van der Waals surface area contributed by atoms with E-state index in [9.17, 15) is 0 Å². The zero-order valence-electron chi connectivity index (χ0n) is 8.92. The van der Waals surface area contributed by atoms with E-state index >= 15 is 0 Å². The molecular weight excluding hydrogens is 210 g/mol. The summed E-state index contributed by atoms with van der Waals surface area (Å²) in [6.07, 6.45) is 1.21. The molecular formula is C12H16ClNO. The van der Waals surface area contributed by atoms with Crippen LogP contribution in [0.1, 0.15) is 12.0 Å². The molecule has 1 N–H and O–H groups in total. The quantitative estimate of drug-likeness (QED) is 0.854. The van der Waals surface area contributed by atoms with Gasteiger partial charge in [-0.1, -0.05) is 11.6 Å². The number of halogens is 1. The van der Waals surface area contributed by atoms with Crippen molar-refractivity contribution in [2.75, 3.05) is 19.7 Å². The predicted octanol–water partition coefficient (Wildman–Crippen LogP) is 2.64. The Labute approximate surface area is 95.6 Å². The van der Waals surface area contributed by atoms with Gasteiger partial charge in [0.25, 0.3) is 0 Å². The number of benzene rings is 1. The second-order valence-corrected chi connectivity index (χ2v) is 4.49. The lowest BCUT2D eigenvalue weighted by molar-refractivity contribution is 0.260. The summed E-state index contributed by atoms with van der Waals surface area (Å²) in [7, 11) is 0. The minimum absolute atomic E-state index is 0.654. The van der Waals surface area contributed by atoms with Gasteiger partial charge in [0.1, 0.15) is 5.75 Å². The maximum Gasteiger partial charge on any atom is 0.119 e. The van der Waals surface area contributed by atoms with Crippen LogP contribution in [0.3, 0.4) is 0 Å². The van der Waals surface area contributed by atoms with Gasteiger partial charge in [-0.3, -0.25) is 0 Å². The number of ether oxygens (including phenoxy) is 1. The molecule has 82 valence electrons. The van der Waals surface area contributed by atoms with Crippen molar-refractivity contribution in [1.29, 1.82) is 0 Å². The fourth-order valence-corrected chi connectivity index (χ4v) is 1.90. The van der Waals surface area contributed by atoms with Gasteiger partial charge < -0.3 is 10.1 Å². The summed E-state index contributed by atoms with van der Waals surface area (Å²) in [6.45, 7) is 4.99. The Morgan fingerprint density at radius 2 is 2.40 bits per heavy atom. The summed E-state index contributed by atoms with van der Waals surface area (Å²) >= 11 is 5.94. The van der Waals surface area contributed by atoms with Crippen LogP contribution in [0.5, 0.6) is 5.75 Å². The molecule has 1 aliphatic heterocycles. The highest BCUT2D eigenvalue weighted by atomic mass is 35.5. The van der Waals surface area contributed by atoms with E-state index in [-0.39, 0.29) is 0 Å². The fraction of sp³-hybridized carbons (Fsp3) is 0.500. The normalized spacial score (nSPS) is 20.5. The largest absolute Gasteiger partial charge is 0.493 e. The van der Waals surface area contributed by atoms with Crippen LogP contribution in [0.25, 0.3) is 0 Å². The molecule has 15 heavy (non-hydrogen) atoms. The molecule has 0 spiro atoms. The molecule has 0 aliphatic carbocycles. The molecule has 1 fully saturated rings. The Bertz CT molecular complexity index is 334. The van der Waals surface area contributed by atoms with Crippen LogP contribution in [0.4, 0.5) is 0 Å². The maximum absolute atomic E-state index is 5.94. The van der Waals surface area contributed by atoms with Crippen molar-refractivity contribution in [3.63, 3.8) is 0 Å². The first-order chi connectivity index (χ1) is 7.25. The van der Waals surface area contributed by atoms with Crippen molar-refractivity contribution >= 4 is 11.6 Å². The number of hydrogen-bond donors (Lipinski definition) is 1. The Balaban J connectivity index is 1.90. The molecule has 0 unspecified atom stereocenters. The summed E-state index contributed by atoms with van der Waals surface area (Å²) in [4.78, 5) is 0. The maximum atomic E-state index is 5.94. The van der Waals surface area contributed by atoms with Gasteiger partial charge in [-0.25, -0.2) is 0 Å². The Kier molecular flexibility index (Phi) is 3.49. The van der Waals surface area contributed by atoms with Gasteiger partial charge in [-0.05, 0) is 43.7 Å². The second kappa shape index (κ2) is 4.86. The van der Waals surface area contributed by atoms with Crippen molar-refractivity contribution in [2.24, 2.45) is 5.92 Å². The van der Waals surface area contributed by atoms with Gasteiger partial charge in [-0.2, -0.15) is 0 Å². The van der Waals surface area contributed by atoms with E-state index in [2.05, 4.69) is 5.32 Å². The van der Waals surface area contributed by atoms with E-state index < -0.39 is 0 Å². The van der Waals surface area contributed by atoms with Crippen LogP contribution in [0.2, 0.25) is 5.02 Å². The first-order valence-corrected chi connectivity index (χ1v) is 5.73. The summed E-state index contributed by atoms with van der Waals surface area (Å²) in [5.74, 6) is 1.57. The molecule has 3 heteroatoms. The van der Waals surface area contributed by atoms with E-state index in [1.807, 2.05) is 25.1 Å². The zero-order valence-corrected chi connectivity index (χ0v) is 9.68. The highest BCUT2D eigenvalue weighted by Gasteiger charge is 2.14. The minimum atomic E-state index is 0.654. The fourth-order valence-electron chi connectivity index (χ4n) is 1.78. The van der Waals surface area contributed by atoms with Crippen molar-refractivity contribution in [1.82, 2.24) is 5.32 Å². The van der Waals surface area contributed by atoms with Crippen LogP contribution < -0.4 is 10.1 Å². The smallest absolute Gasteiger partial charge is 0.119 e. The van der Waals surface area contributed by atoms with Crippen molar-refractivity contribution in [3.05, 3.63) is 28.8 Å². The number of hydrogen-bond acceptors (Lipinski definition) is 2. The molecule has 0 radical (unpaired) electrons. The molecule has 1 aliphatic rings. The van der Waals surface area contributed by atoms with Crippen LogP contribution in [0.15, 0.2) is 18.2 Å². The molecule has 0 saturated carbocycles. The van der Waals surface area contributed by atoms with E-state index in [1.165, 1.54) is 6.42 Å². The third-order valence-electron chi connectivity index (χ3n) is 2.78. The number of rotatable bonds is 3. The van der Waals surface area contributed by atoms with E-state index in [0.717, 1.165) is 36.0 Å². The van der Waals surface area contributed by atoms with Gasteiger partial charge in [0.2, 0.25) is 0 Å². The van der Waals surface area contributed by atoms with Gasteiger partial charge >= 0.3 is 0 Å². The minimum Gasteiger partial charge on any atom is -0.493 e. The molecule has 1 heterocycles. The standard InChI is InChI=1S/C12H16ClNO/c1-9-6-11(2-3-12(9)13)15-8-10-4-5-14-7-10/h2-3,6,10,14H,4-5,7-8H2,1H3/t10-/m0/s1. The Morgan fingerprint density at radius 3 is 3.07 bits per heavy atom. The lowest BCUT2D eigenvalue weighted by Crippen LogP contribution is -2.15. The average Bonchev–Trinajstić information content (AvgIpc) is 2.73. The first kappa shape index (κ1) is 10.8. The Hall–Kier alpha value is -0.730. The van der Waals surface area contributed by atoms with Gasteiger partial charge in [-0.15, -0.1) is 0 Å².